The molecule has 2 aromatic carbocycles. The van der Waals surface area contributed by atoms with Crippen molar-refractivity contribution in [2.24, 2.45) is 0 Å². The van der Waals surface area contributed by atoms with E-state index in [0.717, 1.165) is 0 Å². The second kappa shape index (κ2) is 5.82. The topological polar surface area (TPSA) is 50.2 Å². The highest BCUT2D eigenvalue weighted by Gasteiger charge is 2.17. The molecule has 4 nitrogen and oxygen atoms in total. The average Bonchev–Trinajstić information content (AvgIpc) is 3.00. The Labute approximate surface area is 145 Å². The van der Waals surface area contributed by atoms with E-state index in [1.165, 1.54) is 53.2 Å². The standard InChI is InChI=1S/C18H10ClF2N3O/c19-13-2-1-3-14(21)17(13)12-9-22-24-16(25)8-15(23-18(12)24)10-4-6-11(20)7-5-10/h1-9,22H. The SMILES string of the molecule is O=c1cc(-c2ccc(F)cc2)nc2c(-c3c(F)cccc3Cl)c[nH]n12. The molecule has 0 bridgehead atoms. The second-order valence-corrected chi connectivity index (χ2v) is 5.84. The van der Waals surface area contributed by atoms with Crippen molar-refractivity contribution in [3.8, 4) is 22.4 Å². The Bertz CT molecular complexity index is 1130. The molecular weight excluding hydrogens is 348 g/mol. The summed E-state index contributed by atoms with van der Waals surface area (Å²) in [6.45, 7) is 0. The van der Waals surface area contributed by atoms with Crippen LogP contribution in [0.25, 0.3) is 28.0 Å². The van der Waals surface area contributed by atoms with Gasteiger partial charge in [-0.1, -0.05) is 17.7 Å². The first-order valence-electron chi connectivity index (χ1n) is 7.36. The van der Waals surface area contributed by atoms with Crippen LogP contribution in [0.5, 0.6) is 0 Å². The summed E-state index contributed by atoms with van der Waals surface area (Å²) < 4.78 is 28.6. The Hall–Kier alpha value is -2.99. The lowest BCUT2D eigenvalue weighted by Crippen LogP contribution is -2.14. The normalized spacial score (nSPS) is 11.2. The maximum atomic E-state index is 14.3. The molecule has 2 aromatic heterocycles. The Kier molecular flexibility index (Phi) is 3.62. The molecule has 0 fully saturated rings. The van der Waals surface area contributed by atoms with Crippen LogP contribution in [0.2, 0.25) is 5.02 Å². The summed E-state index contributed by atoms with van der Waals surface area (Å²) >= 11 is 6.12. The van der Waals surface area contributed by atoms with Gasteiger partial charge in [-0.05, 0) is 36.4 Å². The van der Waals surface area contributed by atoms with Crippen molar-refractivity contribution in [2.45, 2.75) is 0 Å². The summed E-state index contributed by atoms with van der Waals surface area (Å²) in [5.74, 6) is -0.905. The number of halogens is 3. The summed E-state index contributed by atoms with van der Waals surface area (Å²) in [5.41, 5.74) is 1.32. The fourth-order valence-corrected chi connectivity index (χ4v) is 2.95. The molecule has 0 amide bonds. The minimum atomic E-state index is -0.518. The zero-order valence-corrected chi connectivity index (χ0v) is 13.4. The van der Waals surface area contributed by atoms with Gasteiger partial charge in [0.1, 0.15) is 11.6 Å². The maximum absolute atomic E-state index is 14.3. The van der Waals surface area contributed by atoms with Gasteiger partial charge in [-0.15, -0.1) is 0 Å². The third kappa shape index (κ3) is 2.60. The smallest absolute Gasteiger partial charge is 0.273 e. The summed E-state index contributed by atoms with van der Waals surface area (Å²) in [6.07, 6.45) is 1.47. The highest BCUT2D eigenvalue weighted by Crippen LogP contribution is 2.32. The zero-order chi connectivity index (χ0) is 17.6. The van der Waals surface area contributed by atoms with Crippen molar-refractivity contribution in [3.63, 3.8) is 0 Å². The molecule has 0 atom stereocenters. The first-order valence-corrected chi connectivity index (χ1v) is 7.74. The number of nitrogens with one attached hydrogen (secondary N) is 1. The van der Waals surface area contributed by atoms with Gasteiger partial charge in [-0.25, -0.2) is 18.3 Å². The molecule has 2 heterocycles. The van der Waals surface area contributed by atoms with Crippen LogP contribution in [0.15, 0.2) is 59.5 Å². The number of hydrogen-bond acceptors (Lipinski definition) is 2. The van der Waals surface area contributed by atoms with Gasteiger partial charge in [0, 0.05) is 29.0 Å². The molecule has 0 aliphatic carbocycles. The third-order valence-corrected chi connectivity index (χ3v) is 4.18. The van der Waals surface area contributed by atoms with Crippen molar-refractivity contribution >= 4 is 17.2 Å². The van der Waals surface area contributed by atoms with E-state index in [-0.39, 0.29) is 27.6 Å². The van der Waals surface area contributed by atoms with Crippen molar-refractivity contribution in [1.29, 1.82) is 0 Å². The number of H-pyrrole nitrogens is 1. The van der Waals surface area contributed by atoms with Crippen LogP contribution in [0, 0.1) is 11.6 Å². The number of benzene rings is 2. The van der Waals surface area contributed by atoms with E-state index in [1.54, 1.807) is 6.07 Å². The van der Waals surface area contributed by atoms with Crippen molar-refractivity contribution in [3.05, 3.63) is 81.7 Å². The van der Waals surface area contributed by atoms with Crippen LogP contribution >= 0.6 is 11.6 Å². The predicted molar refractivity (Wildman–Crippen MR) is 91.6 cm³/mol. The maximum Gasteiger partial charge on any atom is 0.273 e. The van der Waals surface area contributed by atoms with Gasteiger partial charge < -0.3 is 0 Å². The van der Waals surface area contributed by atoms with E-state index in [4.69, 9.17) is 11.6 Å². The molecule has 25 heavy (non-hydrogen) atoms. The number of nitrogens with zero attached hydrogens (tertiary/aromatic N) is 2. The number of hydrogen-bond donors (Lipinski definition) is 1. The lowest BCUT2D eigenvalue weighted by atomic mass is 10.1. The van der Waals surface area contributed by atoms with Crippen molar-refractivity contribution < 1.29 is 8.78 Å². The molecule has 124 valence electrons. The van der Waals surface area contributed by atoms with E-state index in [9.17, 15) is 13.6 Å². The molecule has 4 rings (SSSR count). The molecule has 0 aliphatic rings. The highest BCUT2D eigenvalue weighted by molar-refractivity contribution is 6.33. The van der Waals surface area contributed by atoms with Gasteiger partial charge in [0.25, 0.3) is 5.56 Å². The molecule has 1 N–H and O–H groups in total. The number of aromatic nitrogens is 3. The van der Waals surface area contributed by atoms with Gasteiger partial charge >= 0.3 is 0 Å². The van der Waals surface area contributed by atoms with Crippen LogP contribution in [0.1, 0.15) is 0 Å². The molecule has 0 saturated heterocycles. The minimum Gasteiger partial charge on any atom is -0.296 e. The van der Waals surface area contributed by atoms with Crippen LogP contribution < -0.4 is 5.56 Å². The fraction of sp³-hybridized carbons (Fsp3) is 0. The Balaban J connectivity index is 1.99. The van der Waals surface area contributed by atoms with Crippen LogP contribution in [0.3, 0.4) is 0 Å². The molecular formula is C18H10ClF2N3O. The van der Waals surface area contributed by atoms with Gasteiger partial charge in [0.2, 0.25) is 0 Å². The van der Waals surface area contributed by atoms with Crippen molar-refractivity contribution in [2.75, 3.05) is 0 Å². The molecule has 4 aromatic rings. The largest absolute Gasteiger partial charge is 0.296 e. The average molecular weight is 358 g/mol. The van der Waals surface area contributed by atoms with Gasteiger partial charge in [0.05, 0.1) is 10.7 Å². The summed E-state index contributed by atoms with van der Waals surface area (Å²) in [4.78, 5) is 16.8. The number of aromatic amines is 1. The Morgan fingerprint density at radius 2 is 1.84 bits per heavy atom. The second-order valence-electron chi connectivity index (χ2n) is 5.43. The van der Waals surface area contributed by atoms with Crippen LogP contribution in [0.4, 0.5) is 8.78 Å². The van der Waals surface area contributed by atoms with Crippen LogP contribution in [-0.2, 0) is 0 Å². The first kappa shape index (κ1) is 15.5. The highest BCUT2D eigenvalue weighted by atomic mass is 35.5. The van der Waals surface area contributed by atoms with E-state index >= 15 is 0 Å². The molecule has 0 spiro atoms. The van der Waals surface area contributed by atoms with Gasteiger partial charge in [-0.3, -0.25) is 9.89 Å². The number of fused-ring (bicyclic) bond motifs is 1. The van der Waals surface area contributed by atoms with Gasteiger partial charge in [0.15, 0.2) is 5.65 Å². The van der Waals surface area contributed by atoms with E-state index in [1.807, 2.05) is 0 Å². The van der Waals surface area contributed by atoms with Crippen LogP contribution in [-0.4, -0.2) is 14.6 Å². The summed E-state index contributed by atoms with van der Waals surface area (Å²) in [7, 11) is 0. The Morgan fingerprint density at radius 3 is 2.56 bits per heavy atom. The van der Waals surface area contributed by atoms with E-state index < -0.39 is 5.82 Å². The first-order chi connectivity index (χ1) is 12.0. The zero-order valence-electron chi connectivity index (χ0n) is 12.6. The predicted octanol–water partition coefficient (Wildman–Crippen LogP) is 4.29. The lowest BCUT2D eigenvalue weighted by molar-refractivity contribution is 0.628. The monoisotopic (exact) mass is 357 g/mol. The molecule has 0 radical (unpaired) electrons. The quantitative estimate of drug-likeness (QED) is 0.582. The summed E-state index contributed by atoms with van der Waals surface area (Å²) in [5, 5.41) is 2.96. The number of rotatable bonds is 2. The Morgan fingerprint density at radius 1 is 1.08 bits per heavy atom. The van der Waals surface area contributed by atoms with E-state index in [2.05, 4.69) is 10.1 Å². The molecule has 0 unspecified atom stereocenters. The lowest BCUT2D eigenvalue weighted by Gasteiger charge is -2.05. The summed E-state index contributed by atoms with van der Waals surface area (Å²) in [6, 6.07) is 11.3. The minimum absolute atomic E-state index is 0.158. The molecule has 0 aliphatic heterocycles. The third-order valence-electron chi connectivity index (χ3n) is 3.87. The fourth-order valence-electron chi connectivity index (χ4n) is 2.69. The van der Waals surface area contributed by atoms with Gasteiger partial charge in [-0.2, -0.15) is 0 Å². The van der Waals surface area contributed by atoms with E-state index in [0.29, 0.717) is 16.8 Å². The van der Waals surface area contributed by atoms with Crippen molar-refractivity contribution in [1.82, 2.24) is 14.6 Å². The molecule has 7 heteroatoms. The molecule has 0 saturated carbocycles.